The molecular formula is C12H12BrN3O. The standard InChI is InChI=1S/C12H12BrN3O/c13-10-4-2-1-3-9(10)11(7-14)16-6-5-15-8-12(16)17/h1-4,11,15H,5-6,8H2. The van der Waals surface area contributed by atoms with E-state index in [-0.39, 0.29) is 5.91 Å². The van der Waals surface area contributed by atoms with Crippen molar-refractivity contribution in [3.8, 4) is 6.07 Å². The number of amides is 1. The lowest BCUT2D eigenvalue weighted by molar-refractivity contribution is -0.133. The van der Waals surface area contributed by atoms with Crippen molar-refractivity contribution in [3.05, 3.63) is 34.3 Å². The summed E-state index contributed by atoms with van der Waals surface area (Å²) >= 11 is 3.42. The minimum Gasteiger partial charge on any atom is -0.320 e. The summed E-state index contributed by atoms with van der Waals surface area (Å²) < 4.78 is 0.859. The molecule has 1 fully saturated rings. The summed E-state index contributed by atoms with van der Waals surface area (Å²) in [4.78, 5) is 13.4. The Balaban J connectivity index is 2.31. The van der Waals surface area contributed by atoms with Gasteiger partial charge in [0.25, 0.3) is 0 Å². The van der Waals surface area contributed by atoms with E-state index in [0.29, 0.717) is 13.1 Å². The second kappa shape index (κ2) is 5.30. The fraction of sp³-hybridized carbons (Fsp3) is 0.333. The molecular weight excluding hydrogens is 282 g/mol. The lowest BCUT2D eigenvalue weighted by Gasteiger charge is -2.31. The molecule has 1 heterocycles. The number of rotatable bonds is 2. The van der Waals surface area contributed by atoms with Gasteiger partial charge in [-0.2, -0.15) is 5.26 Å². The van der Waals surface area contributed by atoms with Crippen LogP contribution in [-0.2, 0) is 4.79 Å². The highest BCUT2D eigenvalue weighted by molar-refractivity contribution is 9.10. The van der Waals surface area contributed by atoms with Crippen LogP contribution in [0.3, 0.4) is 0 Å². The molecule has 0 spiro atoms. The average molecular weight is 294 g/mol. The third-order valence-electron chi connectivity index (χ3n) is 2.76. The van der Waals surface area contributed by atoms with E-state index in [4.69, 9.17) is 0 Å². The van der Waals surface area contributed by atoms with Gasteiger partial charge in [-0.05, 0) is 6.07 Å². The van der Waals surface area contributed by atoms with Gasteiger partial charge in [0.1, 0.15) is 6.04 Å². The Morgan fingerprint density at radius 1 is 1.47 bits per heavy atom. The summed E-state index contributed by atoms with van der Waals surface area (Å²) in [6.45, 7) is 1.61. The molecule has 1 atom stereocenters. The first-order valence-corrected chi connectivity index (χ1v) is 6.17. The molecule has 88 valence electrons. The van der Waals surface area contributed by atoms with Crippen molar-refractivity contribution < 1.29 is 4.79 Å². The number of piperazine rings is 1. The molecule has 1 aliphatic rings. The molecule has 0 bridgehead atoms. The van der Waals surface area contributed by atoms with Gasteiger partial charge in [-0.25, -0.2) is 0 Å². The number of carbonyl (C=O) groups is 1. The lowest BCUT2D eigenvalue weighted by Crippen LogP contribution is -2.49. The number of nitrogens with zero attached hydrogens (tertiary/aromatic N) is 2. The Morgan fingerprint density at radius 3 is 2.88 bits per heavy atom. The number of hydrogen-bond acceptors (Lipinski definition) is 3. The third-order valence-corrected chi connectivity index (χ3v) is 3.48. The van der Waals surface area contributed by atoms with Crippen LogP contribution in [0, 0.1) is 11.3 Å². The number of nitrogens with one attached hydrogen (secondary N) is 1. The molecule has 0 aromatic heterocycles. The van der Waals surface area contributed by atoms with Crippen molar-refractivity contribution in [1.82, 2.24) is 10.2 Å². The largest absolute Gasteiger partial charge is 0.320 e. The normalized spacial score (nSPS) is 17.6. The molecule has 0 radical (unpaired) electrons. The molecule has 1 amide bonds. The van der Waals surface area contributed by atoms with Gasteiger partial charge in [-0.15, -0.1) is 0 Å². The highest BCUT2D eigenvalue weighted by Crippen LogP contribution is 2.27. The zero-order valence-electron chi connectivity index (χ0n) is 9.19. The van der Waals surface area contributed by atoms with Gasteiger partial charge < -0.3 is 10.2 Å². The van der Waals surface area contributed by atoms with E-state index in [9.17, 15) is 10.1 Å². The maximum Gasteiger partial charge on any atom is 0.237 e. The first kappa shape index (κ1) is 12.1. The second-order valence-corrected chi connectivity index (χ2v) is 4.67. The molecule has 0 aliphatic carbocycles. The Hall–Kier alpha value is -1.38. The molecule has 4 nitrogen and oxygen atoms in total. The number of halogens is 1. The summed E-state index contributed by atoms with van der Waals surface area (Å²) in [5.74, 6) is -0.0291. The zero-order valence-corrected chi connectivity index (χ0v) is 10.8. The predicted octanol–water partition coefficient (Wildman–Crippen LogP) is 1.45. The molecule has 0 saturated carbocycles. The average Bonchev–Trinajstić information content (AvgIpc) is 2.34. The van der Waals surface area contributed by atoms with Crippen LogP contribution in [0.1, 0.15) is 11.6 Å². The highest BCUT2D eigenvalue weighted by atomic mass is 79.9. The Kier molecular flexibility index (Phi) is 3.77. The van der Waals surface area contributed by atoms with Crippen LogP contribution in [0.5, 0.6) is 0 Å². The van der Waals surface area contributed by atoms with Crippen LogP contribution in [-0.4, -0.2) is 30.4 Å². The monoisotopic (exact) mass is 293 g/mol. The number of carbonyl (C=O) groups excluding carboxylic acids is 1. The number of nitriles is 1. The van der Waals surface area contributed by atoms with Crippen molar-refractivity contribution in [2.24, 2.45) is 0 Å². The van der Waals surface area contributed by atoms with Gasteiger partial charge in [0.15, 0.2) is 0 Å². The predicted molar refractivity (Wildman–Crippen MR) is 67.1 cm³/mol. The van der Waals surface area contributed by atoms with Crippen molar-refractivity contribution >= 4 is 21.8 Å². The molecule has 17 heavy (non-hydrogen) atoms. The lowest BCUT2D eigenvalue weighted by atomic mass is 10.1. The smallest absolute Gasteiger partial charge is 0.237 e. The number of benzene rings is 1. The third kappa shape index (κ3) is 2.48. The van der Waals surface area contributed by atoms with E-state index in [1.54, 1.807) is 4.90 Å². The summed E-state index contributed by atoms with van der Waals surface area (Å²) in [5, 5.41) is 12.3. The Labute approximate surface area is 108 Å². The summed E-state index contributed by atoms with van der Waals surface area (Å²) in [7, 11) is 0. The summed E-state index contributed by atoms with van der Waals surface area (Å²) in [6.07, 6.45) is 0. The van der Waals surface area contributed by atoms with Crippen molar-refractivity contribution in [2.75, 3.05) is 19.6 Å². The first-order chi connectivity index (χ1) is 8.24. The molecule has 1 N–H and O–H groups in total. The summed E-state index contributed by atoms with van der Waals surface area (Å²) in [5.41, 5.74) is 0.838. The number of hydrogen-bond donors (Lipinski definition) is 1. The maximum atomic E-state index is 11.8. The van der Waals surface area contributed by atoms with Crippen LogP contribution in [0.15, 0.2) is 28.7 Å². The zero-order chi connectivity index (χ0) is 12.3. The van der Waals surface area contributed by atoms with Crippen molar-refractivity contribution in [3.63, 3.8) is 0 Å². The molecule has 1 aromatic rings. The van der Waals surface area contributed by atoms with Crippen molar-refractivity contribution in [2.45, 2.75) is 6.04 Å². The van der Waals surface area contributed by atoms with Crippen LogP contribution in [0.4, 0.5) is 0 Å². The second-order valence-electron chi connectivity index (χ2n) is 3.82. The molecule has 1 unspecified atom stereocenters. The Morgan fingerprint density at radius 2 is 2.24 bits per heavy atom. The van der Waals surface area contributed by atoms with Gasteiger partial charge in [0.05, 0.1) is 12.6 Å². The molecule has 1 aliphatic heterocycles. The summed E-state index contributed by atoms with van der Waals surface area (Å²) in [6, 6.07) is 9.21. The van der Waals surface area contributed by atoms with E-state index in [0.717, 1.165) is 16.6 Å². The van der Waals surface area contributed by atoms with E-state index in [1.807, 2.05) is 24.3 Å². The molecule has 1 aromatic carbocycles. The van der Waals surface area contributed by atoms with Gasteiger partial charge >= 0.3 is 0 Å². The van der Waals surface area contributed by atoms with E-state index in [1.165, 1.54) is 0 Å². The van der Waals surface area contributed by atoms with E-state index in [2.05, 4.69) is 27.3 Å². The minimum absolute atomic E-state index is 0.0291. The molecule has 1 saturated heterocycles. The fourth-order valence-electron chi connectivity index (χ4n) is 1.90. The van der Waals surface area contributed by atoms with Crippen LogP contribution in [0.25, 0.3) is 0 Å². The quantitative estimate of drug-likeness (QED) is 0.898. The highest BCUT2D eigenvalue weighted by Gasteiger charge is 2.28. The van der Waals surface area contributed by atoms with E-state index >= 15 is 0 Å². The Bertz CT molecular complexity index is 469. The van der Waals surface area contributed by atoms with Crippen molar-refractivity contribution in [1.29, 1.82) is 5.26 Å². The van der Waals surface area contributed by atoms with Gasteiger partial charge in [0.2, 0.25) is 5.91 Å². The topological polar surface area (TPSA) is 56.1 Å². The first-order valence-electron chi connectivity index (χ1n) is 5.38. The molecule has 5 heteroatoms. The van der Waals surface area contributed by atoms with Gasteiger partial charge in [0, 0.05) is 23.1 Å². The van der Waals surface area contributed by atoms with Crippen LogP contribution >= 0.6 is 15.9 Å². The van der Waals surface area contributed by atoms with Crippen LogP contribution in [0.2, 0.25) is 0 Å². The van der Waals surface area contributed by atoms with Gasteiger partial charge in [-0.3, -0.25) is 4.79 Å². The maximum absolute atomic E-state index is 11.8. The fourth-order valence-corrected chi connectivity index (χ4v) is 2.40. The van der Waals surface area contributed by atoms with Gasteiger partial charge in [-0.1, -0.05) is 34.1 Å². The molecule has 2 rings (SSSR count). The van der Waals surface area contributed by atoms with E-state index < -0.39 is 6.04 Å². The minimum atomic E-state index is -0.514. The van der Waals surface area contributed by atoms with Crippen LogP contribution < -0.4 is 5.32 Å². The SMILES string of the molecule is N#CC(c1ccccc1Br)N1CCNCC1=O.